The highest BCUT2D eigenvalue weighted by Crippen LogP contribution is 2.49. The van der Waals surface area contributed by atoms with Gasteiger partial charge in [-0.25, -0.2) is 0 Å². The van der Waals surface area contributed by atoms with Crippen LogP contribution in [0, 0.1) is 10.5 Å². The van der Waals surface area contributed by atoms with Crippen LogP contribution in [-0.4, -0.2) is 30.7 Å². The molecule has 0 aromatic heterocycles. The van der Waals surface area contributed by atoms with E-state index < -0.39 is 5.92 Å². The summed E-state index contributed by atoms with van der Waals surface area (Å²) in [7, 11) is 0. The van der Waals surface area contributed by atoms with Crippen LogP contribution in [0.15, 0.2) is 59.1 Å². The number of amides is 1. The number of aryl methyl sites for hydroxylation is 1. The van der Waals surface area contributed by atoms with Crippen molar-refractivity contribution in [3.8, 4) is 11.5 Å². The highest BCUT2D eigenvalue weighted by Gasteiger charge is 2.42. The van der Waals surface area contributed by atoms with Crippen molar-refractivity contribution in [1.82, 2.24) is 0 Å². The van der Waals surface area contributed by atoms with Gasteiger partial charge in [0.05, 0.1) is 10.2 Å². The summed E-state index contributed by atoms with van der Waals surface area (Å²) < 4.78 is 18.8. The van der Waals surface area contributed by atoms with E-state index in [9.17, 15) is 14.4 Å². The van der Waals surface area contributed by atoms with E-state index in [1.807, 2.05) is 50.2 Å². The first kappa shape index (κ1) is 26.5. The standard InChI is InChI=1S/C30H30INO6/c1-3-36-25-15-18(14-19(31)30(25)37-16-26(35)32-20-9-5-4-8-17(20)2)27-28-21(33)10-6-12-23(28)38-24-13-7-11-22(34)29(24)27/h4-5,8-9,14-15,27H,3,6-7,10-13,16H2,1-2H3,(H,32,35). The van der Waals surface area contributed by atoms with Gasteiger partial charge in [-0.15, -0.1) is 0 Å². The van der Waals surface area contributed by atoms with Gasteiger partial charge in [0.25, 0.3) is 5.91 Å². The van der Waals surface area contributed by atoms with Gasteiger partial charge in [0.1, 0.15) is 11.5 Å². The quantitative estimate of drug-likeness (QED) is 0.371. The molecule has 38 heavy (non-hydrogen) atoms. The molecule has 0 atom stereocenters. The first-order valence-corrected chi connectivity index (χ1v) is 14.1. The summed E-state index contributed by atoms with van der Waals surface area (Å²) in [6, 6.07) is 11.3. The van der Waals surface area contributed by atoms with E-state index in [1.54, 1.807) is 0 Å². The fourth-order valence-electron chi connectivity index (χ4n) is 5.35. The average molecular weight is 627 g/mol. The van der Waals surface area contributed by atoms with Crippen LogP contribution in [0.1, 0.15) is 62.5 Å². The Morgan fingerprint density at radius 2 is 1.66 bits per heavy atom. The van der Waals surface area contributed by atoms with E-state index in [1.165, 1.54) is 0 Å². The number of anilines is 1. The average Bonchev–Trinajstić information content (AvgIpc) is 2.89. The molecule has 0 unspecified atom stereocenters. The molecule has 0 spiro atoms. The molecule has 8 heteroatoms. The lowest BCUT2D eigenvalue weighted by atomic mass is 9.73. The summed E-state index contributed by atoms with van der Waals surface area (Å²) in [5.74, 6) is 1.61. The third-order valence-electron chi connectivity index (χ3n) is 7.07. The maximum Gasteiger partial charge on any atom is 0.262 e. The molecular weight excluding hydrogens is 597 g/mol. The van der Waals surface area contributed by atoms with E-state index in [0.717, 1.165) is 33.2 Å². The number of para-hydroxylation sites is 1. The smallest absolute Gasteiger partial charge is 0.262 e. The Hall–Kier alpha value is -3.14. The minimum atomic E-state index is -0.486. The van der Waals surface area contributed by atoms with E-state index in [0.29, 0.717) is 66.5 Å². The van der Waals surface area contributed by atoms with Gasteiger partial charge in [0.15, 0.2) is 29.7 Å². The molecule has 2 aromatic rings. The molecule has 0 radical (unpaired) electrons. The molecule has 2 aromatic carbocycles. The maximum atomic E-state index is 13.1. The van der Waals surface area contributed by atoms with E-state index in [2.05, 4.69) is 27.9 Å². The zero-order chi connectivity index (χ0) is 26.8. The van der Waals surface area contributed by atoms with Crippen LogP contribution in [0.25, 0.3) is 0 Å². The largest absolute Gasteiger partial charge is 0.490 e. The van der Waals surface area contributed by atoms with Gasteiger partial charge in [-0.3, -0.25) is 14.4 Å². The van der Waals surface area contributed by atoms with E-state index in [4.69, 9.17) is 14.2 Å². The van der Waals surface area contributed by atoms with Crippen LogP contribution in [0.3, 0.4) is 0 Å². The molecule has 0 saturated heterocycles. The number of allylic oxidation sites excluding steroid dienone is 4. The number of Topliss-reactive ketones (excluding diaryl/α,β-unsaturated/α-hetero) is 2. The van der Waals surface area contributed by atoms with E-state index >= 15 is 0 Å². The van der Waals surface area contributed by atoms with Crippen LogP contribution in [0.2, 0.25) is 0 Å². The Balaban J connectivity index is 1.48. The van der Waals surface area contributed by atoms with Crippen molar-refractivity contribution >= 4 is 45.8 Å². The van der Waals surface area contributed by atoms with Gasteiger partial charge in [0.2, 0.25) is 0 Å². The molecular formula is C30H30INO6. The van der Waals surface area contributed by atoms with Crippen LogP contribution in [0.4, 0.5) is 5.69 Å². The Labute approximate surface area is 235 Å². The highest BCUT2D eigenvalue weighted by molar-refractivity contribution is 14.1. The Bertz CT molecular complexity index is 1330. The molecule has 0 saturated carbocycles. The monoisotopic (exact) mass is 627 g/mol. The summed E-state index contributed by atoms with van der Waals surface area (Å²) >= 11 is 2.16. The molecule has 1 aliphatic heterocycles. The molecule has 198 valence electrons. The van der Waals surface area contributed by atoms with Crippen molar-refractivity contribution in [3.63, 3.8) is 0 Å². The summed E-state index contributed by atoms with van der Waals surface area (Å²) in [6.07, 6.45) is 3.77. The molecule has 2 aliphatic carbocycles. The predicted octanol–water partition coefficient (Wildman–Crippen LogP) is 6.14. The predicted molar refractivity (Wildman–Crippen MR) is 151 cm³/mol. The Morgan fingerprint density at radius 3 is 2.29 bits per heavy atom. The number of hydrogen-bond donors (Lipinski definition) is 1. The Morgan fingerprint density at radius 1 is 1.00 bits per heavy atom. The summed E-state index contributed by atoms with van der Waals surface area (Å²) in [4.78, 5) is 38.9. The first-order valence-electron chi connectivity index (χ1n) is 13.0. The molecule has 1 heterocycles. The Kier molecular flexibility index (Phi) is 7.88. The minimum Gasteiger partial charge on any atom is -0.490 e. The van der Waals surface area contributed by atoms with Crippen LogP contribution in [0.5, 0.6) is 11.5 Å². The molecule has 5 rings (SSSR count). The number of nitrogens with one attached hydrogen (secondary N) is 1. The molecule has 0 fully saturated rings. The van der Waals surface area contributed by atoms with Gasteiger partial charge < -0.3 is 19.5 Å². The number of rotatable bonds is 7. The zero-order valence-electron chi connectivity index (χ0n) is 21.5. The van der Waals surface area contributed by atoms with Gasteiger partial charge in [-0.1, -0.05) is 18.2 Å². The van der Waals surface area contributed by atoms with Crippen LogP contribution >= 0.6 is 22.6 Å². The fourth-order valence-corrected chi connectivity index (χ4v) is 6.13. The van der Waals surface area contributed by atoms with Gasteiger partial charge in [-0.2, -0.15) is 0 Å². The lowest BCUT2D eigenvalue weighted by Crippen LogP contribution is -2.30. The number of ketones is 2. The number of carbonyl (C=O) groups is 3. The van der Waals surface area contributed by atoms with Crippen LogP contribution in [-0.2, 0) is 19.1 Å². The van der Waals surface area contributed by atoms with Crippen molar-refractivity contribution in [2.24, 2.45) is 0 Å². The highest BCUT2D eigenvalue weighted by atomic mass is 127. The van der Waals surface area contributed by atoms with Gasteiger partial charge in [0, 0.05) is 48.4 Å². The summed E-state index contributed by atoms with van der Waals surface area (Å²) in [6.45, 7) is 4.00. The first-order chi connectivity index (χ1) is 18.4. The topological polar surface area (TPSA) is 90.9 Å². The molecule has 7 nitrogen and oxygen atoms in total. The maximum absolute atomic E-state index is 13.1. The lowest BCUT2D eigenvalue weighted by Gasteiger charge is -2.36. The minimum absolute atomic E-state index is 0.0299. The third-order valence-corrected chi connectivity index (χ3v) is 7.87. The van der Waals surface area contributed by atoms with Crippen LogP contribution < -0.4 is 14.8 Å². The normalized spacial score (nSPS) is 17.6. The lowest BCUT2D eigenvalue weighted by molar-refractivity contribution is -0.119. The number of benzene rings is 2. The van der Waals surface area contributed by atoms with Crippen molar-refractivity contribution < 1.29 is 28.6 Å². The SMILES string of the molecule is CCOc1cc(C2C3=C(CCCC3=O)OC3=C2C(=O)CCC3)cc(I)c1OCC(=O)Nc1ccccc1C. The van der Waals surface area contributed by atoms with Crippen molar-refractivity contribution in [3.05, 3.63) is 73.8 Å². The zero-order valence-corrected chi connectivity index (χ0v) is 23.7. The summed E-state index contributed by atoms with van der Waals surface area (Å²) in [5, 5.41) is 2.88. The second-order valence-electron chi connectivity index (χ2n) is 9.68. The number of ether oxygens (including phenoxy) is 3. The number of halogens is 1. The number of hydrogen-bond acceptors (Lipinski definition) is 6. The second-order valence-corrected chi connectivity index (χ2v) is 10.8. The van der Waals surface area contributed by atoms with Gasteiger partial charge in [-0.05, 0) is 78.6 Å². The van der Waals surface area contributed by atoms with Crippen molar-refractivity contribution in [2.75, 3.05) is 18.5 Å². The second kappa shape index (κ2) is 11.3. The van der Waals surface area contributed by atoms with Gasteiger partial charge >= 0.3 is 0 Å². The molecule has 1 N–H and O–H groups in total. The number of carbonyl (C=O) groups excluding carboxylic acids is 3. The molecule has 0 bridgehead atoms. The van der Waals surface area contributed by atoms with Crippen molar-refractivity contribution in [1.29, 1.82) is 0 Å². The third kappa shape index (κ3) is 5.23. The van der Waals surface area contributed by atoms with Crippen molar-refractivity contribution in [2.45, 2.75) is 58.3 Å². The molecule has 3 aliphatic rings. The van der Waals surface area contributed by atoms with E-state index in [-0.39, 0.29) is 24.1 Å². The summed E-state index contributed by atoms with van der Waals surface area (Å²) in [5.41, 5.74) is 3.68. The fraction of sp³-hybridized carbons (Fsp3) is 0.367. The molecule has 1 amide bonds.